The normalized spacial score (nSPS) is 9.75. The maximum absolute atomic E-state index is 4.15. The zero-order valence-corrected chi connectivity index (χ0v) is 8.55. The van der Waals surface area contributed by atoms with Crippen LogP contribution in [-0.4, -0.2) is 4.98 Å². The molecule has 0 saturated carbocycles. The summed E-state index contributed by atoms with van der Waals surface area (Å²) in [5, 5.41) is 0. The lowest BCUT2D eigenvalue weighted by atomic mass is 10.1. The van der Waals surface area contributed by atoms with Gasteiger partial charge >= 0.3 is 0 Å². The minimum atomic E-state index is 0.967. The van der Waals surface area contributed by atoms with Crippen LogP contribution in [0.25, 0.3) is 0 Å². The van der Waals surface area contributed by atoms with Gasteiger partial charge in [-0.3, -0.25) is 0 Å². The second kappa shape index (κ2) is 5.09. The fourth-order valence-electron chi connectivity index (χ4n) is 1.04. The predicted octanol–water partition coefficient (Wildman–Crippen LogP) is 3.35. The molecule has 1 rings (SSSR count). The summed E-state index contributed by atoms with van der Waals surface area (Å²) in [5.41, 5.74) is 1.28. The van der Waals surface area contributed by atoms with E-state index in [-0.39, 0.29) is 0 Å². The van der Waals surface area contributed by atoms with E-state index in [4.69, 9.17) is 0 Å². The van der Waals surface area contributed by atoms with Crippen molar-refractivity contribution < 1.29 is 0 Å². The Bertz CT molecular complexity index is 258. The molecule has 0 bridgehead atoms. The van der Waals surface area contributed by atoms with Crippen molar-refractivity contribution in [3.8, 4) is 0 Å². The molecule has 0 saturated heterocycles. The first-order chi connectivity index (χ1) is 5.84. The molecular weight excluding hydrogens is 214 g/mol. The number of halogens is 1. The summed E-state index contributed by atoms with van der Waals surface area (Å²) in [6.07, 6.45) is 7.03. The summed E-state index contributed by atoms with van der Waals surface area (Å²) in [6, 6.07) is 4.06. The third-order valence-electron chi connectivity index (χ3n) is 1.69. The molecule has 64 valence electrons. The van der Waals surface area contributed by atoms with Crippen molar-refractivity contribution >= 4 is 15.9 Å². The first-order valence-corrected chi connectivity index (χ1v) is 4.84. The number of hydrogen-bond acceptors (Lipinski definition) is 1. The van der Waals surface area contributed by atoms with E-state index in [1.165, 1.54) is 5.56 Å². The van der Waals surface area contributed by atoms with Crippen LogP contribution in [-0.2, 0) is 6.42 Å². The summed E-state index contributed by atoms with van der Waals surface area (Å²) in [6.45, 7) is 3.69. The van der Waals surface area contributed by atoms with Gasteiger partial charge in [-0.15, -0.1) is 6.58 Å². The lowest BCUT2D eigenvalue weighted by Crippen LogP contribution is -1.88. The van der Waals surface area contributed by atoms with Gasteiger partial charge in [0.2, 0.25) is 0 Å². The van der Waals surface area contributed by atoms with Gasteiger partial charge in [-0.1, -0.05) is 12.1 Å². The van der Waals surface area contributed by atoms with Crippen LogP contribution in [0.1, 0.15) is 18.4 Å². The van der Waals surface area contributed by atoms with E-state index in [2.05, 4.69) is 33.6 Å². The number of pyridine rings is 1. The number of hydrogen-bond donors (Lipinski definition) is 0. The smallest absolute Gasteiger partial charge is 0.109 e. The van der Waals surface area contributed by atoms with E-state index in [1.807, 2.05) is 12.1 Å². The van der Waals surface area contributed by atoms with Gasteiger partial charge in [-0.2, -0.15) is 0 Å². The summed E-state index contributed by atoms with van der Waals surface area (Å²) in [5.74, 6) is 0. The second-order valence-electron chi connectivity index (χ2n) is 2.63. The topological polar surface area (TPSA) is 12.9 Å². The number of aryl methyl sites for hydroxylation is 1. The van der Waals surface area contributed by atoms with Gasteiger partial charge in [0.1, 0.15) is 4.60 Å². The summed E-state index contributed by atoms with van der Waals surface area (Å²) < 4.78 is 0.967. The van der Waals surface area contributed by atoms with E-state index in [0.717, 1.165) is 23.9 Å². The predicted molar refractivity (Wildman–Crippen MR) is 55.1 cm³/mol. The van der Waals surface area contributed by atoms with Gasteiger partial charge in [0.05, 0.1) is 0 Å². The third-order valence-corrected chi connectivity index (χ3v) is 2.40. The maximum Gasteiger partial charge on any atom is 0.109 e. The molecule has 12 heavy (non-hydrogen) atoms. The summed E-state index contributed by atoms with van der Waals surface area (Å²) in [7, 11) is 0. The lowest BCUT2D eigenvalue weighted by molar-refractivity contribution is 0.835. The molecule has 1 aromatic rings. The Labute approximate surface area is 81.7 Å². The Hall–Kier alpha value is -0.630. The van der Waals surface area contributed by atoms with E-state index in [9.17, 15) is 0 Å². The van der Waals surface area contributed by atoms with Gasteiger partial charge in [0.15, 0.2) is 0 Å². The molecule has 0 atom stereocenters. The molecule has 1 aromatic heterocycles. The van der Waals surface area contributed by atoms with E-state index in [0.29, 0.717) is 0 Å². The summed E-state index contributed by atoms with van der Waals surface area (Å²) >= 11 is 3.41. The van der Waals surface area contributed by atoms with Crippen LogP contribution in [0.4, 0.5) is 0 Å². The minimum absolute atomic E-state index is 0.967. The van der Waals surface area contributed by atoms with Crippen molar-refractivity contribution in [2.45, 2.75) is 19.3 Å². The molecule has 0 radical (unpaired) electrons. The van der Waals surface area contributed by atoms with Gasteiger partial charge in [0, 0.05) is 6.20 Å². The van der Waals surface area contributed by atoms with Crippen molar-refractivity contribution in [2.75, 3.05) is 0 Å². The van der Waals surface area contributed by atoms with Crippen LogP contribution < -0.4 is 0 Å². The highest BCUT2D eigenvalue weighted by Crippen LogP contribution is 2.14. The molecule has 0 aromatic carbocycles. The van der Waals surface area contributed by atoms with Crippen LogP contribution in [0.3, 0.4) is 0 Å². The Kier molecular flexibility index (Phi) is 4.01. The molecular formula is C10H12BrN. The van der Waals surface area contributed by atoms with E-state index >= 15 is 0 Å². The van der Waals surface area contributed by atoms with Gasteiger partial charge in [0.25, 0.3) is 0 Å². The number of unbranched alkanes of at least 4 members (excludes halogenated alkanes) is 1. The molecule has 2 heteroatoms. The van der Waals surface area contributed by atoms with Crippen LogP contribution in [0.5, 0.6) is 0 Å². The lowest BCUT2D eigenvalue weighted by Gasteiger charge is -2.00. The average molecular weight is 226 g/mol. The van der Waals surface area contributed by atoms with E-state index in [1.54, 1.807) is 6.20 Å². The zero-order chi connectivity index (χ0) is 8.81. The third kappa shape index (κ3) is 2.78. The highest BCUT2D eigenvalue weighted by atomic mass is 79.9. The number of allylic oxidation sites excluding steroid dienone is 1. The fraction of sp³-hybridized carbons (Fsp3) is 0.300. The zero-order valence-electron chi connectivity index (χ0n) is 6.96. The largest absolute Gasteiger partial charge is 0.249 e. The molecule has 0 spiro atoms. The standard InChI is InChI=1S/C10H12BrN/c1-2-3-4-6-9-7-5-8-12-10(9)11/h2,5,7-8H,1,3-4,6H2. The number of rotatable bonds is 4. The molecule has 1 nitrogen and oxygen atoms in total. The van der Waals surface area contributed by atoms with Crippen molar-refractivity contribution in [3.63, 3.8) is 0 Å². The van der Waals surface area contributed by atoms with Crippen LogP contribution in [0.2, 0.25) is 0 Å². The molecule has 0 fully saturated rings. The van der Waals surface area contributed by atoms with Crippen LogP contribution in [0, 0.1) is 0 Å². The highest BCUT2D eigenvalue weighted by Gasteiger charge is 1.97. The van der Waals surface area contributed by atoms with Crippen molar-refractivity contribution in [3.05, 3.63) is 41.2 Å². The molecule has 0 aliphatic carbocycles. The highest BCUT2D eigenvalue weighted by molar-refractivity contribution is 9.10. The van der Waals surface area contributed by atoms with Crippen molar-refractivity contribution in [1.82, 2.24) is 4.98 Å². The fourth-order valence-corrected chi connectivity index (χ4v) is 1.49. The van der Waals surface area contributed by atoms with Gasteiger partial charge in [-0.05, 0) is 46.8 Å². The van der Waals surface area contributed by atoms with E-state index < -0.39 is 0 Å². The first kappa shape index (κ1) is 9.46. The molecule has 0 N–H and O–H groups in total. The Morgan fingerprint density at radius 1 is 1.58 bits per heavy atom. The molecule has 0 aliphatic rings. The first-order valence-electron chi connectivity index (χ1n) is 4.05. The van der Waals surface area contributed by atoms with Crippen molar-refractivity contribution in [2.24, 2.45) is 0 Å². The van der Waals surface area contributed by atoms with Crippen LogP contribution >= 0.6 is 15.9 Å². The Morgan fingerprint density at radius 3 is 3.08 bits per heavy atom. The number of aromatic nitrogens is 1. The molecule has 0 amide bonds. The SMILES string of the molecule is C=CCCCc1cccnc1Br. The van der Waals surface area contributed by atoms with Crippen molar-refractivity contribution in [1.29, 1.82) is 0 Å². The van der Waals surface area contributed by atoms with Gasteiger partial charge < -0.3 is 0 Å². The van der Waals surface area contributed by atoms with Gasteiger partial charge in [-0.25, -0.2) is 4.98 Å². The van der Waals surface area contributed by atoms with Crippen LogP contribution in [0.15, 0.2) is 35.6 Å². The Balaban J connectivity index is 2.51. The Morgan fingerprint density at radius 2 is 2.42 bits per heavy atom. The molecule has 0 aliphatic heterocycles. The molecule has 0 unspecified atom stereocenters. The monoisotopic (exact) mass is 225 g/mol. The maximum atomic E-state index is 4.15. The number of nitrogens with zero attached hydrogens (tertiary/aromatic N) is 1. The summed E-state index contributed by atoms with van der Waals surface area (Å²) in [4.78, 5) is 4.15. The quantitative estimate of drug-likeness (QED) is 0.435. The second-order valence-corrected chi connectivity index (χ2v) is 3.39. The minimum Gasteiger partial charge on any atom is -0.249 e. The molecule has 1 heterocycles. The average Bonchev–Trinajstić information content (AvgIpc) is 2.09.